The average molecular weight is 249 g/mol. The lowest BCUT2D eigenvalue weighted by Crippen LogP contribution is -2.31. The van der Waals surface area contributed by atoms with Gasteiger partial charge in [-0.05, 0) is 50.1 Å². The van der Waals surface area contributed by atoms with Gasteiger partial charge in [0.15, 0.2) is 5.78 Å². The van der Waals surface area contributed by atoms with E-state index in [1.807, 2.05) is 0 Å². The summed E-state index contributed by atoms with van der Waals surface area (Å²) in [4.78, 5) is 14.1. The Morgan fingerprint density at radius 2 is 2.00 bits per heavy atom. The highest BCUT2D eigenvalue weighted by Gasteiger charge is 2.19. The molecule has 0 unspecified atom stereocenters. The normalized spacial score (nSPS) is 15.7. The Morgan fingerprint density at radius 3 is 2.56 bits per heavy atom. The van der Waals surface area contributed by atoms with Gasteiger partial charge in [0.25, 0.3) is 0 Å². The molecule has 1 saturated carbocycles. The van der Waals surface area contributed by atoms with E-state index in [9.17, 15) is 9.18 Å². The third-order valence-electron chi connectivity index (χ3n) is 3.68. The van der Waals surface area contributed by atoms with Crippen LogP contribution in [0.2, 0.25) is 0 Å². The summed E-state index contributed by atoms with van der Waals surface area (Å²) < 4.78 is 12.7. The van der Waals surface area contributed by atoms with Crippen molar-refractivity contribution in [1.82, 2.24) is 4.90 Å². The highest BCUT2D eigenvalue weighted by atomic mass is 19.1. The van der Waals surface area contributed by atoms with E-state index in [0.29, 0.717) is 12.0 Å². The number of hydrogen-bond acceptors (Lipinski definition) is 2. The van der Waals surface area contributed by atoms with Crippen LogP contribution in [0, 0.1) is 11.7 Å². The van der Waals surface area contributed by atoms with E-state index in [-0.39, 0.29) is 11.6 Å². The van der Waals surface area contributed by atoms with Gasteiger partial charge in [0.1, 0.15) is 5.82 Å². The summed E-state index contributed by atoms with van der Waals surface area (Å²) in [6.45, 7) is 1.88. The highest BCUT2D eigenvalue weighted by molar-refractivity contribution is 5.96. The van der Waals surface area contributed by atoms with Crippen molar-refractivity contribution in [2.75, 3.05) is 20.1 Å². The molecule has 18 heavy (non-hydrogen) atoms. The third kappa shape index (κ3) is 3.64. The summed E-state index contributed by atoms with van der Waals surface area (Å²) >= 11 is 0. The highest BCUT2D eigenvalue weighted by Crippen LogP contribution is 2.26. The van der Waals surface area contributed by atoms with Crippen LogP contribution in [0.1, 0.15) is 36.0 Å². The molecule has 0 aliphatic heterocycles. The second-order valence-electron chi connectivity index (χ2n) is 5.24. The molecule has 0 bridgehead atoms. The zero-order valence-electron chi connectivity index (χ0n) is 10.9. The number of ketones is 1. The van der Waals surface area contributed by atoms with Crippen molar-refractivity contribution < 1.29 is 9.18 Å². The van der Waals surface area contributed by atoms with Crippen LogP contribution in [0.4, 0.5) is 4.39 Å². The first kappa shape index (κ1) is 13.2. The number of benzene rings is 1. The van der Waals surface area contributed by atoms with Gasteiger partial charge in [-0.15, -0.1) is 0 Å². The maximum atomic E-state index is 12.7. The summed E-state index contributed by atoms with van der Waals surface area (Å²) in [5.74, 6) is 0.625. The second-order valence-corrected chi connectivity index (χ2v) is 5.24. The SMILES string of the molecule is CN(CCC(=O)c1ccc(F)cc1)CC1CCC1. The Bertz CT molecular complexity index is 397. The van der Waals surface area contributed by atoms with Gasteiger partial charge in [0.2, 0.25) is 0 Å². The first-order valence-electron chi connectivity index (χ1n) is 6.62. The van der Waals surface area contributed by atoms with Crippen molar-refractivity contribution in [3.05, 3.63) is 35.6 Å². The fraction of sp³-hybridized carbons (Fsp3) is 0.533. The Morgan fingerprint density at radius 1 is 1.33 bits per heavy atom. The minimum absolute atomic E-state index is 0.0930. The number of carbonyl (C=O) groups excluding carboxylic acids is 1. The van der Waals surface area contributed by atoms with Gasteiger partial charge in [0, 0.05) is 25.1 Å². The van der Waals surface area contributed by atoms with Gasteiger partial charge in [-0.25, -0.2) is 4.39 Å². The van der Waals surface area contributed by atoms with Crippen molar-refractivity contribution in [3.8, 4) is 0 Å². The number of hydrogen-bond donors (Lipinski definition) is 0. The zero-order valence-corrected chi connectivity index (χ0v) is 10.9. The number of nitrogens with zero attached hydrogens (tertiary/aromatic N) is 1. The molecule has 3 heteroatoms. The molecule has 0 N–H and O–H groups in total. The van der Waals surface area contributed by atoms with E-state index in [2.05, 4.69) is 11.9 Å². The monoisotopic (exact) mass is 249 g/mol. The molecular weight excluding hydrogens is 229 g/mol. The Kier molecular flexibility index (Phi) is 4.48. The largest absolute Gasteiger partial charge is 0.306 e. The fourth-order valence-corrected chi connectivity index (χ4v) is 2.28. The van der Waals surface area contributed by atoms with E-state index < -0.39 is 0 Å². The predicted molar refractivity (Wildman–Crippen MR) is 70.2 cm³/mol. The number of carbonyl (C=O) groups is 1. The first-order chi connectivity index (χ1) is 8.65. The van der Waals surface area contributed by atoms with Crippen molar-refractivity contribution in [2.45, 2.75) is 25.7 Å². The Balaban J connectivity index is 1.75. The van der Waals surface area contributed by atoms with Crippen LogP contribution in [0.25, 0.3) is 0 Å². The molecule has 2 rings (SSSR count). The average Bonchev–Trinajstić information content (AvgIpc) is 2.32. The van der Waals surface area contributed by atoms with Crippen molar-refractivity contribution in [3.63, 3.8) is 0 Å². The summed E-state index contributed by atoms with van der Waals surface area (Å²) in [6.07, 6.45) is 4.52. The molecule has 2 nitrogen and oxygen atoms in total. The van der Waals surface area contributed by atoms with E-state index >= 15 is 0 Å². The van der Waals surface area contributed by atoms with Gasteiger partial charge in [-0.2, -0.15) is 0 Å². The second kappa shape index (κ2) is 6.10. The molecule has 1 aromatic rings. The van der Waals surface area contributed by atoms with E-state index in [0.717, 1.165) is 19.0 Å². The summed E-state index contributed by atoms with van der Waals surface area (Å²) in [7, 11) is 2.07. The quantitative estimate of drug-likeness (QED) is 0.722. The first-order valence-corrected chi connectivity index (χ1v) is 6.62. The molecule has 1 aromatic carbocycles. The summed E-state index contributed by atoms with van der Waals surface area (Å²) in [5.41, 5.74) is 0.605. The molecule has 0 amide bonds. The van der Waals surface area contributed by atoms with Crippen LogP contribution < -0.4 is 0 Å². The summed E-state index contributed by atoms with van der Waals surface area (Å²) in [6, 6.07) is 5.80. The molecule has 1 fully saturated rings. The molecule has 0 radical (unpaired) electrons. The third-order valence-corrected chi connectivity index (χ3v) is 3.68. The Hall–Kier alpha value is -1.22. The molecule has 0 spiro atoms. The lowest BCUT2D eigenvalue weighted by Gasteiger charge is -2.29. The van der Waals surface area contributed by atoms with Gasteiger partial charge in [0.05, 0.1) is 0 Å². The van der Waals surface area contributed by atoms with E-state index in [1.54, 1.807) is 12.1 Å². The van der Waals surface area contributed by atoms with Gasteiger partial charge >= 0.3 is 0 Å². The molecule has 0 atom stereocenters. The van der Waals surface area contributed by atoms with Gasteiger partial charge in [-0.1, -0.05) is 6.42 Å². The van der Waals surface area contributed by atoms with Crippen molar-refractivity contribution in [2.24, 2.45) is 5.92 Å². The Labute approximate surface area is 108 Å². The van der Waals surface area contributed by atoms with Crippen molar-refractivity contribution in [1.29, 1.82) is 0 Å². The maximum absolute atomic E-state index is 12.7. The van der Waals surface area contributed by atoms with Crippen LogP contribution in [-0.2, 0) is 0 Å². The van der Waals surface area contributed by atoms with Crippen LogP contribution in [-0.4, -0.2) is 30.8 Å². The number of rotatable bonds is 6. The van der Waals surface area contributed by atoms with Crippen LogP contribution in [0.5, 0.6) is 0 Å². The molecule has 1 aliphatic carbocycles. The molecule has 0 heterocycles. The van der Waals surface area contributed by atoms with Gasteiger partial charge in [-0.3, -0.25) is 4.79 Å². The standard InChI is InChI=1S/C15H20FNO/c1-17(11-12-3-2-4-12)10-9-15(18)13-5-7-14(16)8-6-13/h5-8,12H,2-4,9-11H2,1H3. The van der Waals surface area contributed by atoms with Gasteiger partial charge < -0.3 is 4.90 Å². The fourth-order valence-electron chi connectivity index (χ4n) is 2.28. The summed E-state index contributed by atoms with van der Waals surface area (Å²) in [5, 5.41) is 0. The van der Waals surface area contributed by atoms with Crippen LogP contribution >= 0.6 is 0 Å². The number of halogens is 1. The lowest BCUT2D eigenvalue weighted by molar-refractivity contribution is 0.0961. The minimum atomic E-state index is -0.298. The number of Topliss-reactive ketones (excluding diaryl/α,β-unsaturated/α-hetero) is 1. The van der Waals surface area contributed by atoms with Crippen molar-refractivity contribution >= 4 is 5.78 Å². The van der Waals surface area contributed by atoms with E-state index in [4.69, 9.17) is 0 Å². The van der Waals surface area contributed by atoms with E-state index in [1.165, 1.54) is 31.4 Å². The molecule has 98 valence electrons. The molecule has 0 aromatic heterocycles. The molecule has 1 aliphatic rings. The minimum Gasteiger partial charge on any atom is -0.306 e. The predicted octanol–water partition coefficient (Wildman–Crippen LogP) is 3.13. The zero-order chi connectivity index (χ0) is 13.0. The maximum Gasteiger partial charge on any atom is 0.164 e. The molecule has 0 saturated heterocycles. The smallest absolute Gasteiger partial charge is 0.164 e. The van der Waals surface area contributed by atoms with Crippen LogP contribution in [0.15, 0.2) is 24.3 Å². The topological polar surface area (TPSA) is 20.3 Å². The molecular formula is C15H20FNO. The lowest BCUT2D eigenvalue weighted by atomic mass is 9.85. The van der Waals surface area contributed by atoms with Crippen LogP contribution in [0.3, 0.4) is 0 Å².